The molecular formula is C48H30O. The van der Waals surface area contributed by atoms with E-state index in [4.69, 9.17) is 4.42 Å². The second kappa shape index (κ2) is 11.1. The van der Waals surface area contributed by atoms with Crippen molar-refractivity contribution in [2.75, 3.05) is 0 Å². The summed E-state index contributed by atoms with van der Waals surface area (Å²) in [6.07, 6.45) is 0. The Kier molecular flexibility index (Phi) is 6.25. The molecule has 0 unspecified atom stereocenters. The third-order valence-corrected chi connectivity index (χ3v) is 10.1. The van der Waals surface area contributed by atoms with Crippen molar-refractivity contribution >= 4 is 54.3 Å². The van der Waals surface area contributed by atoms with E-state index in [0.717, 1.165) is 27.5 Å². The van der Waals surface area contributed by atoms with Gasteiger partial charge < -0.3 is 4.42 Å². The maximum atomic E-state index is 6.75. The van der Waals surface area contributed by atoms with Crippen LogP contribution in [0.1, 0.15) is 0 Å². The number of hydrogen-bond donors (Lipinski definition) is 0. The van der Waals surface area contributed by atoms with Crippen molar-refractivity contribution in [2.45, 2.75) is 0 Å². The van der Waals surface area contributed by atoms with E-state index in [-0.39, 0.29) is 0 Å². The van der Waals surface area contributed by atoms with Crippen LogP contribution in [0.15, 0.2) is 186 Å². The molecule has 0 fully saturated rings. The van der Waals surface area contributed by atoms with Crippen molar-refractivity contribution in [3.05, 3.63) is 182 Å². The average molecular weight is 623 g/mol. The summed E-state index contributed by atoms with van der Waals surface area (Å²) < 4.78 is 6.75. The third kappa shape index (κ3) is 4.40. The largest absolute Gasteiger partial charge is 0.455 e. The fraction of sp³-hybridized carbons (Fsp3) is 0. The van der Waals surface area contributed by atoms with Gasteiger partial charge in [0.15, 0.2) is 0 Å². The minimum absolute atomic E-state index is 0.901. The molecule has 228 valence electrons. The average Bonchev–Trinajstić information content (AvgIpc) is 3.56. The van der Waals surface area contributed by atoms with Crippen LogP contribution in [0.5, 0.6) is 0 Å². The summed E-state index contributed by atoms with van der Waals surface area (Å²) in [7, 11) is 0. The summed E-state index contributed by atoms with van der Waals surface area (Å²) >= 11 is 0. The summed E-state index contributed by atoms with van der Waals surface area (Å²) in [5.41, 5.74) is 11.5. The molecule has 0 saturated carbocycles. The number of hydrogen-bond acceptors (Lipinski definition) is 1. The van der Waals surface area contributed by atoms with Crippen molar-refractivity contribution in [3.63, 3.8) is 0 Å². The van der Waals surface area contributed by atoms with Crippen LogP contribution in [-0.4, -0.2) is 0 Å². The molecule has 0 bridgehead atoms. The molecule has 0 aliphatic carbocycles. The van der Waals surface area contributed by atoms with Gasteiger partial charge >= 0.3 is 0 Å². The van der Waals surface area contributed by atoms with E-state index >= 15 is 0 Å². The van der Waals surface area contributed by atoms with E-state index in [2.05, 4.69) is 182 Å². The van der Waals surface area contributed by atoms with Crippen molar-refractivity contribution in [2.24, 2.45) is 0 Å². The van der Waals surface area contributed by atoms with Crippen LogP contribution in [0.3, 0.4) is 0 Å². The Labute approximate surface area is 284 Å². The molecule has 0 saturated heterocycles. The second-order valence-electron chi connectivity index (χ2n) is 12.8. The van der Waals surface area contributed by atoms with Gasteiger partial charge in [-0.2, -0.15) is 0 Å². The molecule has 0 radical (unpaired) electrons. The summed E-state index contributed by atoms with van der Waals surface area (Å²) in [5, 5.41) is 9.64. The Bertz CT molecular complexity index is 2800. The van der Waals surface area contributed by atoms with Crippen molar-refractivity contribution < 1.29 is 4.42 Å². The molecule has 1 nitrogen and oxygen atoms in total. The topological polar surface area (TPSA) is 13.1 Å². The molecule has 0 N–H and O–H groups in total. The number of fused-ring (bicyclic) bond motifs is 6. The highest BCUT2D eigenvalue weighted by Crippen LogP contribution is 2.48. The molecule has 9 aromatic carbocycles. The molecule has 0 atom stereocenters. The minimum Gasteiger partial charge on any atom is -0.455 e. The SMILES string of the molecule is c1ccc(-c2ccc3c(-c4c5ccccc5c(-c5cccc6c5oc5ccc(-c7ccccc7)cc56)c5ccccc45)cccc3c2)cc1. The lowest BCUT2D eigenvalue weighted by molar-refractivity contribution is 0.670. The van der Waals surface area contributed by atoms with Gasteiger partial charge in [0.05, 0.1) is 0 Å². The molecule has 49 heavy (non-hydrogen) atoms. The summed E-state index contributed by atoms with van der Waals surface area (Å²) in [5.74, 6) is 0. The first kappa shape index (κ1) is 27.7. The first-order valence-electron chi connectivity index (χ1n) is 16.8. The van der Waals surface area contributed by atoms with E-state index in [1.165, 1.54) is 71.3 Å². The molecule has 10 aromatic rings. The van der Waals surface area contributed by atoms with Gasteiger partial charge in [0.2, 0.25) is 0 Å². The van der Waals surface area contributed by atoms with Gasteiger partial charge in [-0.05, 0) is 83.9 Å². The molecular weight excluding hydrogens is 593 g/mol. The zero-order valence-corrected chi connectivity index (χ0v) is 26.7. The van der Waals surface area contributed by atoms with Crippen molar-refractivity contribution in [3.8, 4) is 44.5 Å². The maximum absolute atomic E-state index is 6.75. The summed E-state index contributed by atoms with van der Waals surface area (Å²) in [6.45, 7) is 0. The van der Waals surface area contributed by atoms with E-state index in [0.29, 0.717) is 0 Å². The predicted octanol–water partition coefficient (Wildman–Crippen LogP) is 13.7. The van der Waals surface area contributed by atoms with E-state index in [1.807, 2.05) is 0 Å². The lowest BCUT2D eigenvalue weighted by Crippen LogP contribution is -1.92. The highest BCUT2D eigenvalue weighted by atomic mass is 16.3. The first-order chi connectivity index (χ1) is 24.3. The van der Waals surface area contributed by atoms with E-state index < -0.39 is 0 Å². The predicted molar refractivity (Wildman–Crippen MR) is 208 cm³/mol. The zero-order chi connectivity index (χ0) is 32.3. The van der Waals surface area contributed by atoms with Gasteiger partial charge in [-0.15, -0.1) is 0 Å². The molecule has 0 spiro atoms. The lowest BCUT2D eigenvalue weighted by atomic mass is 9.84. The van der Waals surface area contributed by atoms with Gasteiger partial charge in [-0.1, -0.05) is 164 Å². The van der Waals surface area contributed by atoms with Crippen molar-refractivity contribution in [1.82, 2.24) is 0 Å². The number of benzene rings is 9. The second-order valence-corrected chi connectivity index (χ2v) is 12.8. The normalized spacial score (nSPS) is 11.7. The Morgan fingerprint density at radius 2 is 0.796 bits per heavy atom. The summed E-state index contributed by atoms with van der Waals surface area (Å²) in [6, 6.07) is 65.6. The van der Waals surface area contributed by atoms with Crippen molar-refractivity contribution in [1.29, 1.82) is 0 Å². The molecule has 0 amide bonds. The van der Waals surface area contributed by atoms with E-state index in [9.17, 15) is 0 Å². The number of furan rings is 1. The minimum atomic E-state index is 0.901. The van der Waals surface area contributed by atoms with Crippen LogP contribution >= 0.6 is 0 Å². The fourth-order valence-corrected chi connectivity index (χ4v) is 7.83. The van der Waals surface area contributed by atoms with Crippen LogP contribution in [0.4, 0.5) is 0 Å². The van der Waals surface area contributed by atoms with Gasteiger partial charge in [-0.3, -0.25) is 0 Å². The number of para-hydroxylation sites is 1. The van der Waals surface area contributed by atoms with Crippen LogP contribution in [0.2, 0.25) is 0 Å². The number of rotatable bonds is 4. The lowest BCUT2D eigenvalue weighted by Gasteiger charge is -2.19. The van der Waals surface area contributed by atoms with E-state index in [1.54, 1.807) is 0 Å². The Hall–Kier alpha value is -6.44. The molecule has 0 aliphatic rings. The van der Waals surface area contributed by atoms with Gasteiger partial charge in [0.25, 0.3) is 0 Å². The highest BCUT2D eigenvalue weighted by molar-refractivity contribution is 6.26. The first-order valence-corrected chi connectivity index (χ1v) is 16.8. The quantitative estimate of drug-likeness (QED) is 0.178. The maximum Gasteiger partial charge on any atom is 0.143 e. The Balaban J connectivity index is 1.24. The molecule has 1 heteroatoms. The molecule has 1 heterocycles. The van der Waals surface area contributed by atoms with Gasteiger partial charge in [0, 0.05) is 21.9 Å². The smallest absolute Gasteiger partial charge is 0.143 e. The van der Waals surface area contributed by atoms with Crippen LogP contribution in [-0.2, 0) is 0 Å². The highest BCUT2D eigenvalue weighted by Gasteiger charge is 2.21. The zero-order valence-electron chi connectivity index (χ0n) is 26.7. The van der Waals surface area contributed by atoms with Crippen LogP contribution < -0.4 is 0 Å². The van der Waals surface area contributed by atoms with Crippen LogP contribution in [0, 0.1) is 0 Å². The van der Waals surface area contributed by atoms with Gasteiger partial charge in [-0.25, -0.2) is 0 Å². The summed E-state index contributed by atoms with van der Waals surface area (Å²) in [4.78, 5) is 0. The third-order valence-electron chi connectivity index (χ3n) is 10.1. The van der Waals surface area contributed by atoms with Gasteiger partial charge in [0.1, 0.15) is 11.2 Å². The molecule has 0 aliphatic heterocycles. The monoisotopic (exact) mass is 622 g/mol. The van der Waals surface area contributed by atoms with Crippen LogP contribution in [0.25, 0.3) is 98.8 Å². The Morgan fingerprint density at radius 1 is 0.286 bits per heavy atom. The molecule has 1 aromatic heterocycles. The fourth-order valence-electron chi connectivity index (χ4n) is 7.83. The molecule has 10 rings (SSSR count). The standard InChI is InChI=1S/C48H30O/c1-3-13-31(14-4-1)33-25-27-36-35(29-33)17-11-22-37(36)46-38-18-7-9-20-40(38)47(41-21-10-8-19-39(41)46)43-24-12-23-42-44-30-34(32-15-5-2-6-16-32)26-28-45(44)49-48(42)43/h1-30H. The Morgan fingerprint density at radius 3 is 1.45 bits per heavy atom.